The largest absolute Gasteiger partial charge is 0.489 e. The first-order valence-corrected chi connectivity index (χ1v) is 11.9. The minimum absolute atomic E-state index is 0.194. The number of benzene rings is 2. The van der Waals surface area contributed by atoms with E-state index in [0.29, 0.717) is 55.2 Å². The monoisotopic (exact) mass is 497 g/mol. The molecule has 2 aliphatic rings. The smallest absolute Gasteiger partial charge is 0.253 e. The van der Waals surface area contributed by atoms with Gasteiger partial charge in [-0.1, -0.05) is 36.4 Å². The van der Waals surface area contributed by atoms with Crippen molar-refractivity contribution in [1.82, 2.24) is 15.1 Å². The van der Waals surface area contributed by atoms with Gasteiger partial charge in [0.05, 0.1) is 19.3 Å². The van der Waals surface area contributed by atoms with Crippen molar-refractivity contribution in [3.05, 3.63) is 64.7 Å². The van der Waals surface area contributed by atoms with Crippen LogP contribution >= 0.6 is 0 Å². The molecular weight excluding hydrogens is 466 g/mol. The van der Waals surface area contributed by atoms with Crippen LogP contribution in [0.25, 0.3) is 0 Å². The van der Waals surface area contributed by atoms with Crippen molar-refractivity contribution in [2.75, 3.05) is 33.4 Å². The van der Waals surface area contributed by atoms with Crippen molar-refractivity contribution in [1.29, 1.82) is 0 Å². The number of rotatable bonds is 9. The van der Waals surface area contributed by atoms with Gasteiger partial charge in [-0.2, -0.15) is 0 Å². The first kappa shape index (κ1) is 25.9. The van der Waals surface area contributed by atoms with Crippen LogP contribution in [-0.2, 0) is 33.4 Å². The number of hydrogen-bond donors (Lipinski definition) is 3. The van der Waals surface area contributed by atoms with Crippen LogP contribution in [0.5, 0.6) is 5.75 Å². The van der Waals surface area contributed by atoms with Gasteiger partial charge in [0.1, 0.15) is 12.4 Å². The number of nitrogens with zero attached hydrogens (tertiary/aromatic N) is 2. The van der Waals surface area contributed by atoms with Gasteiger partial charge in [-0.05, 0) is 25.1 Å². The van der Waals surface area contributed by atoms with E-state index < -0.39 is 12.0 Å². The molecule has 0 aromatic heterocycles. The summed E-state index contributed by atoms with van der Waals surface area (Å²) in [6.07, 6.45) is 1.43. The Hall–Kier alpha value is -3.15. The van der Waals surface area contributed by atoms with Crippen molar-refractivity contribution in [3.8, 4) is 5.75 Å². The maximum absolute atomic E-state index is 12.3. The number of likely N-dealkylation sites (N-methyl/N-ethyl adjacent to an activating group) is 1. The Morgan fingerprint density at radius 1 is 1.17 bits per heavy atom. The van der Waals surface area contributed by atoms with E-state index in [4.69, 9.17) is 9.47 Å². The number of imide groups is 1. The molecule has 2 amide bonds. The molecule has 10 heteroatoms. The zero-order valence-electron chi connectivity index (χ0n) is 20.2. The van der Waals surface area contributed by atoms with Gasteiger partial charge < -0.3 is 19.7 Å². The molecule has 36 heavy (non-hydrogen) atoms. The normalized spacial score (nSPS) is 19.3. The molecule has 0 bridgehead atoms. The van der Waals surface area contributed by atoms with Gasteiger partial charge in [0.15, 0.2) is 6.29 Å². The van der Waals surface area contributed by atoms with E-state index in [-0.39, 0.29) is 31.4 Å². The fraction of sp³-hybridized carbons (Fsp3) is 0.423. The zero-order chi connectivity index (χ0) is 25.7. The van der Waals surface area contributed by atoms with E-state index in [2.05, 4.69) is 5.32 Å². The van der Waals surface area contributed by atoms with E-state index in [1.54, 1.807) is 59.3 Å². The van der Waals surface area contributed by atoms with Crippen molar-refractivity contribution >= 4 is 18.1 Å². The Balaban J connectivity index is 1.45. The molecule has 2 aliphatic heterocycles. The molecule has 192 valence electrons. The molecule has 3 N–H and O–H groups in total. The number of morpholine rings is 1. The maximum atomic E-state index is 12.3. The molecule has 0 aliphatic carbocycles. The molecule has 2 saturated heterocycles. The lowest BCUT2D eigenvalue weighted by molar-refractivity contribution is -0.286. The number of piperidine rings is 1. The number of aldehydes is 1. The highest BCUT2D eigenvalue weighted by atomic mass is 16.5. The van der Waals surface area contributed by atoms with E-state index in [1.165, 1.54) is 0 Å². The Bertz CT molecular complexity index is 1100. The third kappa shape index (κ3) is 5.80. The second-order valence-corrected chi connectivity index (χ2v) is 9.04. The number of ether oxygens (including phenoxy) is 2. The van der Waals surface area contributed by atoms with E-state index in [1.807, 2.05) is 0 Å². The van der Waals surface area contributed by atoms with Gasteiger partial charge in [0.2, 0.25) is 11.8 Å². The van der Waals surface area contributed by atoms with Crippen molar-refractivity contribution in [2.45, 2.75) is 37.9 Å². The van der Waals surface area contributed by atoms with Crippen LogP contribution in [-0.4, -0.2) is 77.5 Å². The van der Waals surface area contributed by atoms with Crippen LogP contribution in [0.1, 0.15) is 39.9 Å². The van der Waals surface area contributed by atoms with Gasteiger partial charge in [0, 0.05) is 42.7 Å². The van der Waals surface area contributed by atoms with Crippen LogP contribution < -0.4 is 10.1 Å². The van der Waals surface area contributed by atoms with Gasteiger partial charge in [-0.25, -0.2) is 4.90 Å². The third-order valence-corrected chi connectivity index (χ3v) is 6.63. The van der Waals surface area contributed by atoms with Crippen molar-refractivity contribution in [3.63, 3.8) is 0 Å². The van der Waals surface area contributed by atoms with E-state index in [9.17, 15) is 24.6 Å². The lowest BCUT2D eigenvalue weighted by Gasteiger charge is -2.37. The summed E-state index contributed by atoms with van der Waals surface area (Å²) in [5, 5.41) is 23.6. The summed E-state index contributed by atoms with van der Waals surface area (Å²) in [7, 11) is 1.77. The third-order valence-electron chi connectivity index (χ3n) is 6.63. The molecule has 1 unspecified atom stereocenters. The van der Waals surface area contributed by atoms with E-state index in [0.717, 1.165) is 11.8 Å². The molecular formula is C26H31N3O7. The Kier molecular flexibility index (Phi) is 8.12. The highest BCUT2D eigenvalue weighted by molar-refractivity contribution is 6.00. The second kappa shape index (κ2) is 11.3. The molecule has 1 atom stereocenters. The minimum atomic E-state index is -2.09. The second-order valence-electron chi connectivity index (χ2n) is 9.04. The Morgan fingerprint density at radius 2 is 1.89 bits per heavy atom. The summed E-state index contributed by atoms with van der Waals surface area (Å²) in [6, 6.07) is 11.5. The average molecular weight is 498 g/mol. The number of carbonyl (C=O) groups is 3. The van der Waals surface area contributed by atoms with Gasteiger partial charge in [-0.3, -0.25) is 24.6 Å². The summed E-state index contributed by atoms with van der Waals surface area (Å²) < 4.78 is 11.3. The molecule has 2 heterocycles. The number of amides is 2. The molecule has 0 saturated carbocycles. The van der Waals surface area contributed by atoms with Crippen LogP contribution in [0, 0.1) is 0 Å². The number of hydrogen-bond acceptors (Lipinski definition) is 9. The van der Waals surface area contributed by atoms with Gasteiger partial charge >= 0.3 is 0 Å². The molecule has 2 aromatic carbocycles. The Labute approximate surface area is 209 Å². The summed E-state index contributed by atoms with van der Waals surface area (Å²) >= 11 is 0. The number of aliphatic hydroxyl groups is 2. The standard InChI is InChI=1S/C26H31N3O7/c1-28(22-9-10-24(31)27-25(22)32)15-21-19(16-30)3-2-4-23(21)36-17-18-5-7-20(8-6-18)26(33,34)29-11-13-35-14-12-29/h2-8,16,22,33-34H,9-15,17H2,1H3,(H,27,31,32). The summed E-state index contributed by atoms with van der Waals surface area (Å²) in [4.78, 5) is 38.8. The maximum Gasteiger partial charge on any atom is 0.253 e. The fourth-order valence-electron chi connectivity index (χ4n) is 4.50. The lowest BCUT2D eigenvalue weighted by atomic mass is 10.0. The molecule has 2 aromatic rings. The average Bonchev–Trinajstić information content (AvgIpc) is 2.88. The predicted molar refractivity (Wildman–Crippen MR) is 129 cm³/mol. The topological polar surface area (TPSA) is 129 Å². The van der Waals surface area contributed by atoms with Crippen LogP contribution in [0.4, 0.5) is 0 Å². The first-order chi connectivity index (χ1) is 17.3. The van der Waals surface area contributed by atoms with E-state index >= 15 is 0 Å². The zero-order valence-corrected chi connectivity index (χ0v) is 20.2. The predicted octanol–water partition coefficient (Wildman–Crippen LogP) is 0.742. The van der Waals surface area contributed by atoms with Crippen LogP contribution in [0.2, 0.25) is 0 Å². The number of nitrogens with one attached hydrogen (secondary N) is 1. The SMILES string of the molecule is CN(Cc1c(C=O)cccc1OCc1ccc(C(O)(O)N2CCOCC2)cc1)C1CCC(=O)NC1=O. The summed E-state index contributed by atoms with van der Waals surface area (Å²) in [5.41, 5.74) is 2.26. The molecule has 10 nitrogen and oxygen atoms in total. The Morgan fingerprint density at radius 3 is 2.56 bits per heavy atom. The number of carbonyl (C=O) groups excluding carboxylic acids is 3. The van der Waals surface area contributed by atoms with Gasteiger partial charge in [-0.15, -0.1) is 0 Å². The fourth-order valence-corrected chi connectivity index (χ4v) is 4.50. The van der Waals surface area contributed by atoms with Crippen LogP contribution in [0.15, 0.2) is 42.5 Å². The quantitative estimate of drug-likeness (QED) is 0.261. The summed E-state index contributed by atoms with van der Waals surface area (Å²) in [5.74, 6) is -2.21. The van der Waals surface area contributed by atoms with Crippen molar-refractivity contribution < 1.29 is 34.1 Å². The highest BCUT2D eigenvalue weighted by Gasteiger charge is 2.35. The van der Waals surface area contributed by atoms with Gasteiger partial charge in [0.25, 0.3) is 5.91 Å². The first-order valence-electron chi connectivity index (χ1n) is 11.9. The lowest BCUT2D eigenvalue weighted by Crippen LogP contribution is -2.51. The molecule has 2 fully saturated rings. The summed E-state index contributed by atoms with van der Waals surface area (Å²) in [6.45, 7) is 2.19. The minimum Gasteiger partial charge on any atom is -0.489 e. The highest BCUT2D eigenvalue weighted by Crippen LogP contribution is 2.27. The van der Waals surface area contributed by atoms with Crippen LogP contribution in [0.3, 0.4) is 0 Å². The molecule has 0 radical (unpaired) electrons. The molecule has 4 rings (SSSR count). The van der Waals surface area contributed by atoms with Crippen molar-refractivity contribution in [2.24, 2.45) is 0 Å². The molecule has 0 spiro atoms.